The van der Waals surface area contributed by atoms with Crippen LogP contribution in [0.5, 0.6) is 0 Å². The van der Waals surface area contributed by atoms with E-state index in [9.17, 15) is 4.79 Å². The molecule has 0 bridgehead atoms. The van der Waals surface area contributed by atoms with E-state index < -0.39 is 5.54 Å². The van der Waals surface area contributed by atoms with E-state index in [1.54, 1.807) is 4.90 Å². The molecule has 1 aliphatic carbocycles. The lowest BCUT2D eigenvalue weighted by atomic mass is 9.93. The normalized spacial score (nSPS) is 19.8. The molecule has 2 aliphatic rings. The number of hydrogen-bond acceptors (Lipinski definition) is 2. The molecule has 0 saturated carbocycles. The second-order valence-electron chi connectivity index (χ2n) is 4.72. The number of nitrogens with two attached hydrogens (primary N) is 1. The monoisotopic (exact) mass is 239 g/mol. The summed E-state index contributed by atoms with van der Waals surface area (Å²) in [5.41, 5.74) is 7.88. The molecule has 2 amide bonds. The molecule has 1 aromatic rings. The summed E-state index contributed by atoms with van der Waals surface area (Å²) in [5.74, 6) is 2.90. The molecule has 1 heterocycles. The number of carbonyl (C=O) groups is 1. The van der Waals surface area contributed by atoms with Crippen molar-refractivity contribution >= 4 is 11.9 Å². The number of carbonyl (C=O) groups excluding carboxylic acids is 1. The van der Waals surface area contributed by atoms with E-state index in [4.69, 9.17) is 12.2 Å². The maximum Gasteiger partial charge on any atom is 0.346 e. The molecule has 4 heteroatoms. The molecule has 0 fully saturated rings. The number of amidine groups is 1. The van der Waals surface area contributed by atoms with Crippen molar-refractivity contribution in [3.8, 4) is 12.3 Å². The SMILES string of the molecule is C#CCN1C(=O)N=C(N)C12Cc1ccccc1C2. The van der Waals surface area contributed by atoms with Gasteiger partial charge in [0.05, 0.1) is 6.54 Å². The zero-order chi connectivity index (χ0) is 12.8. The Labute approximate surface area is 105 Å². The summed E-state index contributed by atoms with van der Waals surface area (Å²) in [4.78, 5) is 17.4. The Morgan fingerprint density at radius 1 is 1.39 bits per heavy atom. The quantitative estimate of drug-likeness (QED) is 0.742. The number of nitrogens with zero attached hydrogens (tertiary/aromatic N) is 2. The first-order valence-corrected chi connectivity index (χ1v) is 5.84. The minimum absolute atomic E-state index is 0.247. The van der Waals surface area contributed by atoms with Crippen molar-refractivity contribution in [2.75, 3.05) is 6.54 Å². The average Bonchev–Trinajstić information content (AvgIpc) is 2.84. The molecule has 0 radical (unpaired) electrons. The topological polar surface area (TPSA) is 58.7 Å². The predicted molar refractivity (Wildman–Crippen MR) is 69.1 cm³/mol. The highest BCUT2D eigenvalue weighted by atomic mass is 16.2. The van der Waals surface area contributed by atoms with Crippen molar-refractivity contribution in [3.63, 3.8) is 0 Å². The van der Waals surface area contributed by atoms with Crippen LogP contribution >= 0.6 is 0 Å². The van der Waals surface area contributed by atoms with Gasteiger partial charge in [-0.3, -0.25) is 4.90 Å². The van der Waals surface area contributed by atoms with Crippen LogP contribution in [-0.2, 0) is 12.8 Å². The first kappa shape index (κ1) is 10.8. The van der Waals surface area contributed by atoms with Gasteiger partial charge in [-0.1, -0.05) is 30.2 Å². The van der Waals surface area contributed by atoms with Crippen molar-refractivity contribution in [2.24, 2.45) is 10.7 Å². The highest BCUT2D eigenvalue weighted by molar-refractivity contribution is 6.06. The zero-order valence-corrected chi connectivity index (χ0v) is 9.89. The van der Waals surface area contributed by atoms with Crippen LogP contribution in [0.1, 0.15) is 11.1 Å². The molecule has 1 spiro atoms. The first-order chi connectivity index (χ1) is 8.67. The first-order valence-electron chi connectivity index (χ1n) is 5.84. The number of urea groups is 1. The van der Waals surface area contributed by atoms with Crippen molar-refractivity contribution < 1.29 is 4.79 Å². The minimum atomic E-state index is -0.535. The Hall–Kier alpha value is -2.28. The molecular weight excluding hydrogens is 226 g/mol. The van der Waals surface area contributed by atoms with Crippen LogP contribution in [0.2, 0.25) is 0 Å². The second-order valence-corrected chi connectivity index (χ2v) is 4.72. The van der Waals surface area contributed by atoms with E-state index in [0.717, 1.165) is 0 Å². The number of rotatable bonds is 1. The fourth-order valence-electron chi connectivity index (χ4n) is 2.87. The van der Waals surface area contributed by atoms with E-state index in [1.807, 2.05) is 12.1 Å². The van der Waals surface area contributed by atoms with Crippen molar-refractivity contribution in [1.29, 1.82) is 0 Å². The van der Waals surface area contributed by atoms with Crippen LogP contribution in [0, 0.1) is 12.3 Å². The molecule has 18 heavy (non-hydrogen) atoms. The lowest BCUT2D eigenvalue weighted by Gasteiger charge is -2.33. The molecule has 2 N–H and O–H groups in total. The molecule has 1 aromatic carbocycles. The Bertz CT molecular complexity index is 572. The predicted octanol–water partition coefficient (Wildman–Crippen LogP) is 0.950. The van der Waals surface area contributed by atoms with Gasteiger partial charge in [0, 0.05) is 12.8 Å². The lowest BCUT2D eigenvalue weighted by Crippen LogP contribution is -2.55. The standard InChI is InChI=1S/C14H13N3O/c1-2-7-17-13(18)16-12(15)14(17)8-10-5-3-4-6-11(10)9-14/h1,3-6H,7-9H2,(H2,15,16,18). The van der Waals surface area contributed by atoms with Gasteiger partial charge in [-0.25, -0.2) is 4.79 Å². The Balaban J connectivity index is 2.04. The summed E-state index contributed by atoms with van der Waals surface area (Å²) >= 11 is 0. The lowest BCUT2D eigenvalue weighted by molar-refractivity contribution is 0.185. The van der Waals surface area contributed by atoms with E-state index in [2.05, 4.69) is 23.0 Å². The molecule has 0 saturated heterocycles. The van der Waals surface area contributed by atoms with Crippen molar-refractivity contribution in [2.45, 2.75) is 18.4 Å². The molecule has 0 aromatic heterocycles. The van der Waals surface area contributed by atoms with E-state index in [0.29, 0.717) is 18.7 Å². The van der Waals surface area contributed by atoms with Gasteiger partial charge in [-0.05, 0) is 11.1 Å². The summed E-state index contributed by atoms with van der Waals surface area (Å²) in [7, 11) is 0. The third-order valence-corrected chi connectivity index (χ3v) is 3.77. The molecule has 3 rings (SSSR count). The maximum atomic E-state index is 11.8. The number of amides is 2. The van der Waals surface area contributed by atoms with Crippen LogP contribution in [0.25, 0.3) is 0 Å². The highest BCUT2D eigenvalue weighted by Gasteiger charge is 2.51. The Kier molecular flexibility index (Phi) is 2.17. The second kappa shape index (κ2) is 3.61. The molecular formula is C14H13N3O. The zero-order valence-electron chi connectivity index (χ0n) is 9.89. The molecule has 90 valence electrons. The Morgan fingerprint density at radius 2 is 2.00 bits per heavy atom. The summed E-state index contributed by atoms with van der Waals surface area (Å²) in [5, 5.41) is 0. The van der Waals surface area contributed by atoms with Gasteiger partial charge < -0.3 is 5.73 Å². The fourth-order valence-corrected chi connectivity index (χ4v) is 2.87. The van der Waals surface area contributed by atoms with Gasteiger partial charge in [0.25, 0.3) is 0 Å². The fraction of sp³-hybridized carbons (Fsp3) is 0.286. The third kappa shape index (κ3) is 1.28. The molecule has 4 nitrogen and oxygen atoms in total. The molecule has 0 atom stereocenters. The van der Waals surface area contributed by atoms with Gasteiger partial charge >= 0.3 is 6.03 Å². The smallest absolute Gasteiger partial charge is 0.346 e. The third-order valence-electron chi connectivity index (χ3n) is 3.77. The average molecular weight is 239 g/mol. The van der Waals surface area contributed by atoms with Crippen LogP contribution < -0.4 is 5.73 Å². The summed E-state index contributed by atoms with van der Waals surface area (Å²) < 4.78 is 0. The van der Waals surface area contributed by atoms with E-state index in [-0.39, 0.29) is 12.6 Å². The van der Waals surface area contributed by atoms with Crippen LogP contribution in [-0.4, -0.2) is 28.9 Å². The van der Waals surface area contributed by atoms with E-state index >= 15 is 0 Å². The maximum absolute atomic E-state index is 11.8. The van der Waals surface area contributed by atoms with Gasteiger partial charge in [-0.15, -0.1) is 6.42 Å². The van der Waals surface area contributed by atoms with Gasteiger partial charge in [0.2, 0.25) is 0 Å². The van der Waals surface area contributed by atoms with Crippen molar-refractivity contribution in [1.82, 2.24) is 4.90 Å². The molecule has 0 unspecified atom stereocenters. The van der Waals surface area contributed by atoms with Gasteiger partial charge in [-0.2, -0.15) is 4.99 Å². The summed E-state index contributed by atoms with van der Waals surface area (Å²) in [6, 6.07) is 7.79. The number of fused-ring (bicyclic) bond motifs is 1. The summed E-state index contributed by atoms with van der Waals surface area (Å²) in [6.07, 6.45) is 6.74. The number of aliphatic imine (C=N–C) groups is 1. The number of hydrogen-bond donors (Lipinski definition) is 1. The number of benzene rings is 1. The Morgan fingerprint density at radius 3 is 2.56 bits per heavy atom. The largest absolute Gasteiger partial charge is 0.385 e. The van der Waals surface area contributed by atoms with E-state index in [1.165, 1.54) is 11.1 Å². The minimum Gasteiger partial charge on any atom is -0.385 e. The van der Waals surface area contributed by atoms with Crippen LogP contribution in [0.15, 0.2) is 29.3 Å². The highest BCUT2D eigenvalue weighted by Crippen LogP contribution is 2.37. The van der Waals surface area contributed by atoms with Gasteiger partial charge in [0.15, 0.2) is 0 Å². The van der Waals surface area contributed by atoms with Crippen molar-refractivity contribution in [3.05, 3.63) is 35.4 Å². The van der Waals surface area contributed by atoms with Gasteiger partial charge in [0.1, 0.15) is 11.4 Å². The number of terminal acetylenes is 1. The van der Waals surface area contributed by atoms with Crippen LogP contribution in [0.3, 0.4) is 0 Å². The van der Waals surface area contributed by atoms with Crippen LogP contribution in [0.4, 0.5) is 4.79 Å². The molecule has 1 aliphatic heterocycles. The summed E-state index contributed by atoms with van der Waals surface area (Å²) in [6.45, 7) is 0.247.